The van der Waals surface area contributed by atoms with E-state index in [1.54, 1.807) is 6.07 Å². The first-order chi connectivity index (χ1) is 7.58. The fourth-order valence-electron chi connectivity index (χ4n) is 1.96. The van der Waals surface area contributed by atoms with Crippen molar-refractivity contribution in [1.29, 1.82) is 0 Å². The van der Waals surface area contributed by atoms with Crippen LogP contribution in [-0.4, -0.2) is 11.9 Å². The number of halogens is 2. The van der Waals surface area contributed by atoms with Gasteiger partial charge in [-0.2, -0.15) is 0 Å². The molecule has 0 radical (unpaired) electrons. The minimum absolute atomic E-state index is 0.0804. The van der Waals surface area contributed by atoms with E-state index in [0.29, 0.717) is 16.6 Å². The summed E-state index contributed by atoms with van der Waals surface area (Å²) < 4.78 is 0.754. The molecule has 0 atom stereocenters. The first-order valence-corrected chi connectivity index (χ1v) is 6.50. The molecule has 1 saturated carbocycles. The number of carbonyl (C=O) groups excluding carboxylic acids is 1. The van der Waals surface area contributed by atoms with Crippen molar-refractivity contribution in [2.75, 3.05) is 0 Å². The van der Waals surface area contributed by atoms with Crippen LogP contribution in [0.5, 0.6) is 0 Å². The molecule has 0 saturated heterocycles. The Kier molecular flexibility index (Phi) is 3.55. The average molecular weight is 303 g/mol. The molecule has 1 aromatic carbocycles. The molecule has 86 valence electrons. The molecular formula is C12H13BrClNO. The summed E-state index contributed by atoms with van der Waals surface area (Å²) in [5, 5.41) is 3.47. The van der Waals surface area contributed by atoms with E-state index in [1.807, 2.05) is 12.1 Å². The van der Waals surface area contributed by atoms with E-state index in [-0.39, 0.29) is 5.91 Å². The molecule has 1 aliphatic rings. The molecule has 0 bridgehead atoms. The van der Waals surface area contributed by atoms with Gasteiger partial charge in [0.05, 0.1) is 10.6 Å². The van der Waals surface area contributed by atoms with E-state index >= 15 is 0 Å². The number of hydrogen-bond donors (Lipinski definition) is 1. The third kappa shape index (κ3) is 2.41. The van der Waals surface area contributed by atoms with Gasteiger partial charge in [0.2, 0.25) is 0 Å². The van der Waals surface area contributed by atoms with Gasteiger partial charge >= 0.3 is 0 Å². The van der Waals surface area contributed by atoms with Crippen LogP contribution in [0.15, 0.2) is 22.7 Å². The van der Waals surface area contributed by atoms with Crippen LogP contribution in [0.3, 0.4) is 0 Å². The first kappa shape index (κ1) is 11.9. The van der Waals surface area contributed by atoms with Gasteiger partial charge in [-0.1, -0.05) is 24.6 Å². The number of hydrogen-bond acceptors (Lipinski definition) is 1. The second-order valence-corrected chi connectivity index (χ2v) is 5.58. The molecule has 0 heterocycles. The molecule has 0 spiro atoms. The Bertz CT molecular complexity index is 415. The fraction of sp³-hybridized carbons (Fsp3) is 0.417. The van der Waals surface area contributed by atoms with Crippen LogP contribution >= 0.6 is 27.5 Å². The lowest BCUT2D eigenvalue weighted by Crippen LogP contribution is -2.43. The summed E-state index contributed by atoms with van der Waals surface area (Å²) in [6.45, 7) is 2.19. The predicted molar refractivity (Wildman–Crippen MR) is 68.8 cm³/mol. The van der Waals surface area contributed by atoms with Crippen LogP contribution < -0.4 is 5.32 Å². The van der Waals surface area contributed by atoms with Gasteiger partial charge in [0.15, 0.2) is 0 Å². The van der Waals surface area contributed by atoms with E-state index in [4.69, 9.17) is 11.6 Å². The Morgan fingerprint density at radius 2 is 2.19 bits per heavy atom. The van der Waals surface area contributed by atoms with Gasteiger partial charge in [0.1, 0.15) is 0 Å². The van der Waals surface area contributed by atoms with Crippen molar-refractivity contribution in [2.24, 2.45) is 5.92 Å². The highest BCUT2D eigenvalue weighted by atomic mass is 79.9. The van der Waals surface area contributed by atoms with Crippen molar-refractivity contribution >= 4 is 33.4 Å². The number of rotatable bonds is 2. The van der Waals surface area contributed by atoms with Gasteiger partial charge < -0.3 is 5.32 Å². The molecular weight excluding hydrogens is 289 g/mol. The average Bonchev–Trinajstić information content (AvgIpc) is 2.19. The summed E-state index contributed by atoms with van der Waals surface area (Å²) in [5.41, 5.74) is 0.538. The summed E-state index contributed by atoms with van der Waals surface area (Å²) in [4.78, 5) is 11.9. The predicted octanol–water partition coefficient (Wildman–Crippen LogP) is 3.63. The van der Waals surface area contributed by atoms with Gasteiger partial charge in [-0.05, 0) is 46.8 Å². The first-order valence-electron chi connectivity index (χ1n) is 5.33. The Morgan fingerprint density at radius 1 is 1.50 bits per heavy atom. The van der Waals surface area contributed by atoms with Crippen LogP contribution in [-0.2, 0) is 0 Å². The largest absolute Gasteiger partial charge is 0.349 e. The Balaban J connectivity index is 2.06. The smallest absolute Gasteiger partial charge is 0.253 e. The summed E-state index contributed by atoms with van der Waals surface area (Å²) >= 11 is 9.36. The van der Waals surface area contributed by atoms with Crippen molar-refractivity contribution in [3.63, 3.8) is 0 Å². The highest BCUT2D eigenvalue weighted by Crippen LogP contribution is 2.29. The van der Waals surface area contributed by atoms with Crippen molar-refractivity contribution in [3.8, 4) is 0 Å². The highest BCUT2D eigenvalue weighted by Gasteiger charge is 2.27. The lowest BCUT2D eigenvalue weighted by molar-refractivity contribution is 0.0896. The van der Waals surface area contributed by atoms with Gasteiger partial charge in [-0.15, -0.1) is 0 Å². The Hall–Kier alpha value is -0.540. The zero-order valence-corrected chi connectivity index (χ0v) is 11.3. The second-order valence-electron chi connectivity index (χ2n) is 4.35. The normalized spacial score (nSPS) is 23.7. The van der Waals surface area contributed by atoms with E-state index in [2.05, 4.69) is 28.2 Å². The lowest BCUT2D eigenvalue weighted by atomic mass is 9.82. The quantitative estimate of drug-likeness (QED) is 0.888. The summed E-state index contributed by atoms with van der Waals surface area (Å²) in [5.74, 6) is 0.645. The molecule has 1 aliphatic carbocycles. The van der Waals surface area contributed by atoms with Crippen LogP contribution in [0.2, 0.25) is 5.02 Å². The fourth-order valence-corrected chi connectivity index (χ4v) is 2.54. The minimum Gasteiger partial charge on any atom is -0.349 e. The highest BCUT2D eigenvalue weighted by molar-refractivity contribution is 9.10. The van der Waals surface area contributed by atoms with E-state index in [9.17, 15) is 4.79 Å². The molecule has 2 rings (SSSR count). The number of carbonyl (C=O) groups is 1. The van der Waals surface area contributed by atoms with Crippen molar-refractivity contribution in [3.05, 3.63) is 33.3 Å². The minimum atomic E-state index is -0.0804. The van der Waals surface area contributed by atoms with Gasteiger partial charge in [-0.25, -0.2) is 0 Å². The van der Waals surface area contributed by atoms with Crippen LogP contribution in [0.25, 0.3) is 0 Å². The molecule has 0 unspecified atom stereocenters. The topological polar surface area (TPSA) is 29.1 Å². The van der Waals surface area contributed by atoms with Crippen LogP contribution in [0.1, 0.15) is 30.1 Å². The molecule has 1 N–H and O–H groups in total. The summed E-state index contributed by atoms with van der Waals surface area (Å²) in [6.07, 6.45) is 2.13. The van der Waals surface area contributed by atoms with Gasteiger partial charge in [-0.3, -0.25) is 4.79 Å². The molecule has 16 heavy (non-hydrogen) atoms. The van der Waals surface area contributed by atoms with Crippen molar-refractivity contribution in [2.45, 2.75) is 25.8 Å². The molecule has 1 amide bonds. The molecule has 1 fully saturated rings. The third-order valence-electron chi connectivity index (χ3n) is 2.91. The summed E-state index contributed by atoms with van der Waals surface area (Å²) in [6, 6.07) is 5.70. The van der Waals surface area contributed by atoms with Crippen molar-refractivity contribution in [1.82, 2.24) is 5.32 Å². The van der Waals surface area contributed by atoms with Crippen molar-refractivity contribution < 1.29 is 4.79 Å². The number of nitrogens with one attached hydrogen (secondary N) is 1. The molecule has 2 nitrogen and oxygen atoms in total. The maximum absolute atomic E-state index is 11.9. The standard InChI is InChI=1S/C12H13BrClNO/c1-7-5-8(6-7)15-12(16)9-3-2-4-10(13)11(9)14/h2-4,7-8H,5-6H2,1H3,(H,15,16). The van der Waals surface area contributed by atoms with Gasteiger partial charge in [0.25, 0.3) is 5.91 Å². The zero-order valence-electron chi connectivity index (χ0n) is 8.97. The van der Waals surface area contributed by atoms with Crippen LogP contribution in [0, 0.1) is 5.92 Å². The Morgan fingerprint density at radius 3 is 2.81 bits per heavy atom. The monoisotopic (exact) mass is 301 g/mol. The number of amides is 1. The molecule has 4 heteroatoms. The van der Waals surface area contributed by atoms with E-state index < -0.39 is 0 Å². The maximum Gasteiger partial charge on any atom is 0.253 e. The van der Waals surface area contributed by atoms with Crippen LogP contribution in [0.4, 0.5) is 0 Å². The molecule has 0 aromatic heterocycles. The maximum atomic E-state index is 11.9. The van der Waals surface area contributed by atoms with E-state index in [0.717, 1.165) is 23.2 Å². The second kappa shape index (κ2) is 4.76. The third-order valence-corrected chi connectivity index (χ3v) is 4.20. The number of benzene rings is 1. The lowest BCUT2D eigenvalue weighted by Gasteiger charge is -2.33. The zero-order chi connectivity index (χ0) is 11.7. The molecule has 1 aromatic rings. The molecule has 0 aliphatic heterocycles. The van der Waals surface area contributed by atoms with E-state index in [1.165, 1.54) is 0 Å². The summed E-state index contributed by atoms with van der Waals surface area (Å²) in [7, 11) is 0. The SMILES string of the molecule is CC1CC(NC(=O)c2cccc(Br)c2Cl)C1. The van der Waals surface area contributed by atoms with Gasteiger partial charge in [0, 0.05) is 10.5 Å². The Labute approximate surface area is 108 Å².